The van der Waals surface area contributed by atoms with Gasteiger partial charge in [0, 0.05) is 24.1 Å². The lowest BCUT2D eigenvalue weighted by Crippen LogP contribution is -2.35. The molecular formula is C25H25N5O3. The summed E-state index contributed by atoms with van der Waals surface area (Å²) in [5.74, 6) is 0.375. The summed E-state index contributed by atoms with van der Waals surface area (Å²) in [6.45, 7) is 0.676. The summed E-state index contributed by atoms with van der Waals surface area (Å²) >= 11 is 0. The molecule has 1 fully saturated rings. The number of hydrogen-bond acceptors (Lipinski definition) is 5. The monoisotopic (exact) mass is 443 g/mol. The van der Waals surface area contributed by atoms with Gasteiger partial charge in [-0.05, 0) is 37.1 Å². The van der Waals surface area contributed by atoms with E-state index < -0.39 is 12.0 Å². The largest absolute Gasteiger partial charge is 0.476 e. The number of ether oxygens (including phenoxy) is 1. The van der Waals surface area contributed by atoms with Crippen LogP contribution in [-0.2, 0) is 9.59 Å². The molecular weight excluding hydrogens is 418 g/mol. The Hall–Kier alpha value is -4.20. The van der Waals surface area contributed by atoms with Crippen LogP contribution >= 0.6 is 0 Å². The first-order valence-electron chi connectivity index (χ1n) is 10.7. The lowest BCUT2D eigenvalue weighted by molar-refractivity contribution is -0.123. The van der Waals surface area contributed by atoms with E-state index in [1.54, 1.807) is 59.6 Å². The lowest BCUT2D eigenvalue weighted by atomic mass is 10.1. The Morgan fingerprint density at radius 1 is 1.09 bits per heavy atom. The summed E-state index contributed by atoms with van der Waals surface area (Å²) in [5.41, 5.74) is 7.46. The van der Waals surface area contributed by atoms with Gasteiger partial charge in [-0.1, -0.05) is 42.5 Å². The van der Waals surface area contributed by atoms with Gasteiger partial charge >= 0.3 is 0 Å². The molecule has 0 spiro atoms. The second-order valence-electron chi connectivity index (χ2n) is 7.74. The fourth-order valence-corrected chi connectivity index (χ4v) is 3.66. The molecule has 2 aromatic carbocycles. The summed E-state index contributed by atoms with van der Waals surface area (Å²) in [7, 11) is 0. The smallest absolute Gasteiger partial charge is 0.271 e. The predicted octanol–water partition coefficient (Wildman–Crippen LogP) is 3.64. The molecule has 1 saturated heterocycles. The first-order chi connectivity index (χ1) is 16.0. The average molecular weight is 444 g/mol. The highest BCUT2D eigenvalue weighted by atomic mass is 16.5. The molecule has 33 heavy (non-hydrogen) atoms. The van der Waals surface area contributed by atoms with Crippen molar-refractivity contribution in [1.82, 2.24) is 4.98 Å². The minimum Gasteiger partial charge on any atom is -0.476 e. The highest BCUT2D eigenvalue weighted by Gasteiger charge is 2.24. The number of pyridine rings is 1. The van der Waals surface area contributed by atoms with Crippen molar-refractivity contribution in [2.75, 3.05) is 16.8 Å². The maximum atomic E-state index is 13.2. The highest BCUT2D eigenvalue weighted by molar-refractivity contribution is 5.96. The highest BCUT2D eigenvalue weighted by Crippen LogP contribution is 2.25. The van der Waals surface area contributed by atoms with Crippen LogP contribution in [-0.4, -0.2) is 29.2 Å². The van der Waals surface area contributed by atoms with Gasteiger partial charge in [-0.25, -0.2) is 4.98 Å². The molecule has 1 aliphatic heterocycles. The van der Waals surface area contributed by atoms with Crippen molar-refractivity contribution in [2.45, 2.75) is 25.4 Å². The normalized spacial score (nSPS) is 14.4. The van der Waals surface area contributed by atoms with Crippen LogP contribution < -0.4 is 20.7 Å². The molecule has 1 unspecified atom stereocenters. The van der Waals surface area contributed by atoms with Crippen LogP contribution in [0.5, 0.6) is 5.75 Å². The van der Waals surface area contributed by atoms with Crippen LogP contribution in [0.15, 0.2) is 72.9 Å². The van der Waals surface area contributed by atoms with Crippen molar-refractivity contribution in [2.24, 2.45) is 5.73 Å². The number of nitrogens with zero attached hydrogens (tertiary/aromatic N) is 2. The van der Waals surface area contributed by atoms with Crippen LogP contribution in [0, 0.1) is 5.41 Å². The summed E-state index contributed by atoms with van der Waals surface area (Å²) in [6, 6.07) is 19.3. The number of aromatic nitrogens is 1. The molecule has 168 valence electrons. The number of piperidine rings is 1. The molecule has 2 heterocycles. The average Bonchev–Trinajstić information content (AvgIpc) is 2.84. The van der Waals surface area contributed by atoms with Crippen molar-refractivity contribution >= 4 is 29.2 Å². The molecule has 1 aromatic heterocycles. The maximum Gasteiger partial charge on any atom is 0.271 e. The molecule has 0 radical (unpaired) electrons. The van der Waals surface area contributed by atoms with Gasteiger partial charge in [0.05, 0.1) is 11.9 Å². The Morgan fingerprint density at radius 3 is 2.61 bits per heavy atom. The second-order valence-corrected chi connectivity index (χ2v) is 7.74. The molecule has 0 aliphatic carbocycles. The number of carbonyl (C=O) groups excluding carboxylic acids is 2. The van der Waals surface area contributed by atoms with Crippen molar-refractivity contribution in [1.29, 1.82) is 5.41 Å². The molecule has 0 saturated carbocycles. The zero-order chi connectivity index (χ0) is 23.2. The van der Waals surface area contributed by atoms with E-state index in [0.29, 0.717) is 35.7 Å². The maximum absolute atomic E-state index is 13.2. The van der Waals surface area contributed by atoms with Crippen molar-refractivity contribution in [3.8, 4) is 5.75 Å². The third-order valence-corrected chi connectivity index (χ3v) is 5.37. The van der Waals surface area contributed by atoms with Gasteiger partial charge < -0.3 is 20.7 Å². The molecule has 2 amide bonds. The molecule has 0 bridgehead atoms. The number of amidine groups is 1. The summed E-state index contributed by atoms with van der Waals surface area (Å²) in [5, 5.41) is 10.4. The fraction of sp³-hybridized carbons (Fsp3) is 0.200. The number of benzene rings is 2. The molecule has 1 aliphatic rings. The Balaban J connectivity index is 1.52. The topological polar surface area (TPSA) is 121 Å². The van der Waals surface area contributed by atoms with Gasteiger partial charge in [0.1, 0.15) is 17.4 Å². The van der Waals surface area contributed by atoms with Crippen molar-refractivity contribution < 1.29 is 14.3 Å². The summed E-state index contributed by atoms with van der Waals surface area (Å²) in [6.07, 6.45) is 3.06. The fourth-order valence-electron chi connectivity index (χ4n) is 3.66. The lowest BCUT2D eigenvalue weighted by Gasteiger charge is -2.26. The minimum absolute atomic E-state index is 0.0855. The van der Waals surface area contributed by atoms with Crippen molar-refractivity contribution in [3.63, 3.8) is 0 Å². The first-order valence-corrected chi connectivity index (χ1v) is 10.7. The number of nitrogens with two attached hydrogens (primary N) is 1. The molecule has 3 aromatic rings. The van der Waals surface area contributed by atoms with E-state index in [1.807, 2.05) is 18.2 Å². The number of amides is 2. The third kappa shape index (κ3) is 5.35. The van der Waals surface area contributed by atoms with E-state index in [-0.39, 0.29) is 11.7 Å². The van der Waals surface area contributed by atoms with E-state index in [9.17, 15) is 9.59 Å². The number of anilines is 2. The minimum atomic E-state index is -0.946. The molecule has 4 N–H and O–H groups in total. The zero-order valence-corrected chi connectivity index (χ0v) is 18.0. The van der Waals surface area contributed by atoms with E-state index in [1.165, 1.54) is 0 Å². The van der Waals surface area contributed by atoms with E-state index in [4.69, 9.17) is 15.9 Å². The van der Waals surface area contributed by atoms with Crippen LogP contribution in [0.4, 0.5) is 11.5 Å². The van der Waals surface area contributed by atoms with Crippen LogP contribution in [0.1, 0.15) is 36.5 Å². The Kier molecular flexibility index (Phi) is 6.64. The van der Waals surface area contributed by atoms with Gasteiger partial charge in [-0.15, -0.1) is 0 Å². The summed E-state index contributed by atoms with van der Waals surface area (Å²) < 4.78 is 6.01. The molecule has 8 heteroatoms. The Bertz CT molecular complexity index is 1150. The number of nitrogens with one attached hydrogen (secondary N) is 2. The SMILES string of the molecule is N=C(N)c1cccc(OC(C(=O)Nc2ccc(N3CCCCC3=O)cn2)c2ccccc2)c1. The van der Waals surface area contributed by atoms with E-state index in [0.717, 1.165) is 18.5 Å². The third-order valence-electron chi connectivity index (χ3n) is 5.37. The number of carbonyl (C=O) groups is 2. The molecule has 8 nitrogen and oxygen atoms in total. The standard InChI is InChI=1S/C25H25N5O3/c26-24(27)18-9-6-10-20(15-18)33-23(17-7-2-1-3-8-17)25(32)29-21-13-12-19(16-28-21)30-14-5-4-11-22(30)31/h1-3,6-10,12-13,15-16,23H,4-5,11,14H2,(H3,26,27)(H,28,29,32). The Labute approximate surface area is 191 Å². The van der Waals surface area contributed by atoms with E-state index in [2.05, 4.69) is 10.3 Å². The summed E-state index contributed by atoms with van der Waals surface area (Å²) in [4.78, 5) is 31.3. The Morgan fingerprint density at radius 2 is 1.91 bits per heavy atom. The first kappa shape index (κ1) is 22.0. The van der Waals surface area contributed by atoms with Gasteiger partial charge in [0.2, 0.25) is 12.0 Å². The molecule has 4 rings (SSSR count). The van der Waals surface area contributed by atoms with Crippen LogP contribution in [0.2, 0.25) is 0 Å². The van der Waals surface area contributed by atoms with Gasteiger partial charge in [0.15, 0.2) is 0 Å². The number of nitrogen functional groups attached to an aromatic ring is 1. The van der Waals surface area contributed by atoms with E-state index >= 15 is 0 Å². The predicted molar refractivity (Wildman–Crippen MR) is 126 cm³/mol. The number of rotatable bonds is 7. The molecule has 1 atom stereocenters. The van der Waals surface area contributed by atoms with Gasteiger partial charge in [-0.2, -0.15) is 0 Å². The second kappa shape index (κ2) is 9.95. The van der Waals surface area contributed by atoms with Crippen molar-refractivity contribution in [3.05, 3.63) is 84.1 Å². The van der Waals surface area contributed by atoms with Crippen LogP contribution in [0.3, 0.4) is 0 Å². The number of hydrogen-bond donors (Lipinski definition) is 3. The zero-order valence-electron chi connectivity index (χ0n) is 18.0. The van der Waals surface area contributed by atoms with Crippen LogP contribution in [0.25, 0.3) is 0 Å². The quantitative estimate of drug-likeness (QED) is 0.380. The van der Waals surface area contributed by atoms with Gasteiger partial charge in [-0.3, -0.25) is 15.0 Å². The van der Waals surface area contributed by atoms with Gasteiger partial charge in [0.25, 0.3) is 5.91 Å².